The van der Waals surface area contributed by atoms with Crippen LogP contribution in [0.1, 0.15) is 25.5 Å². The van der Waals surface area contributed by atoms with Gasteiger partial charge in [0.15, 0.2) is 0 Å². The predicted octanol–water partition coefficient (Wildman–Crippen LogP) is 3.01. The molecule has 3 rings (SSSR count). The quantitative estimate of drug-likeness (QED) is 0.865. The average molecular weight is 273 g/mol. The minimum absolute atomic E-state index is 0.0561. The van der Waals surface area contributed by atoms with Crippen molar-refractivity contribution >= 4 is 21.6 Å². The first kappa shape index (κ1) is 12.8. The Hall–Kier alpha value is -1.19. The van der Waals surface area contributed by atoms with E-state index < -0.39 is 10.8 Å². The molecule has 0 amide bonds. The van der Waals surface area contributed by atoms with E-state index in [0.29, 0.717) is 5.75 Å². The summed E-state index contributed by atoms with van der Waals surface area (Å²) >= 11 is 0. The molecule has 19 heavy (non-hydrogen) atoms. The van der Waals surface area contributed by atoms with Crippen molar-refractivity contribution in [2.24, 2.45) is 0 Å². The van der Waals surface area contributed by atoms with Gasteiger partial charge in [-0.25, -0.2) is 0 Å². The average Bonchev–Trinajstić information content (AvgIpc) is 2.36. The van der Waals surface area contributed by atoms with Gasteiger partial charge in [-0.05, 0) is 36.2 Å². The fraction of sp³-hybridized carbons (Fsp3) is 0.375. The topological polar surface area (TPSA) is 29.1 Å². The SMILES string of the molecule is CC1(C)CS(=O)CC(c2ccc3ccccc3c2)N1. The number of rotatable bonds is 1. The first-order chi connectivity index (χ1) is 9.03. The molecule has 1 aliphatic heterocycles. The first-order valence-corrected chi connectivity index (χ1v) is 8.14. The van der Waals surface area contributed by atoms with Crippen molar-refractivity contribution in [1.29, 1.82) is 0 Å². The van der Waals surface area contributed by atoms with Crippen molar-refractivity contribution < 1.29 is 4.21 Å². The van der Waals surface area contributed by atoms with Crippen LogP contribution in [0.4, 0.5) is 0 Å². The van der Waals surface area contributed by atoms with E-state index in [2.05, 4.69) is 61.6 Å². The lowest BCUT2D eigenvalue weighted by atomic mass is 9.99. The molecule has 1 fully saturated rings. The summed E-state index contributed by atoms with van der Waals surface area (Å²) in [4.78, 5) is 0. The van der Waals surface area contributed by atoms with Gasteiger partial charge in [0, 0.05) is 33.9 Å². The molecule has 0 saturated carbocycles. The maximum atomic E-state index is 12.0. The summed E-state index contributed by atoms with van der Waals surface area (Å²) in [7, 11) is -0.736. The maximum absolute atomic E-state index is 12.0. The molecule has 100 valence electrons. The van der Waals surface area contributed by atoms with E-state index in [1.807, 2.05) is 0 Å². The Balaban J connectivity index is 1.97. The van der Waals surface area contributed by atoms with Crippen LogP contribution in [0, 0.1) is 0 Å². The number of nitrogens with one attached hydrogen (secondary N) is 1. The lowest BCUT2D eigenvalue weighted by molar-refractivity contribution is 0.369. The van der Waals surface area contributed by atoms with Crippen LogP contribution in [-0.4, -0.2) is 21.3 Å². The van der Waals surface area contributed by atoms with Gasteiger partial charge < -0.3 is 5.32 Å². The molecule has 2 nitrogen and oxygen atoms in total. The molecule has 0 bridgehead atoms. The second kappa shape index (κ2) is 4.73. The van der Waals surface area contributed by atoms with E-state index in [0.717, 1.165) is 5.75 Å². The van der Waals surface area contributed by atoms with Crippen molar-refractivity contribution in [2.75, 3.05) is 11.5 Å². The lowest BCUT2D eigenvalue weighted by Gasteiger charge is -2.36. The van der Waals surface area contributed by atoms with Crippen molar-refractivity contribution in [1.82, 2.24) is 5.32 Å². The first-order valence-electron chi connectivity index (χ1n) is 6.65. The molecule has 3 heteroatoms. The summed E-state index contributed by atoms with van der Waals surface area (Å²) in [5.41, 5.74) is 1.18. The lowest BCUT2D eigenvalue weighted by Crippen LogP contribution is -2.52. The Morgan fingerprint density at radius 2 is 1.89 bits per heavy atom. The van der Waals surface area contributed by atoms with Crippen LogP contribution in [0.2, 0.25) is 0 Å². The molecule has 0 aromatic heterocycles. The van der Waals surface area contributed by atoms with Crippen LogP contribution >= 0.6 is 0 Å². The largest absolute Gasteiger partial charge is 0.303 e. The zero-order chi connectivity index (χ0) is 13.5. The zero-order valence-corrected chi connectivity index (χ0v) is 12.2. The van der Waals surface area contributed by atoms with Crippen LogP contribution < -0.4 is 5.32 Å². The van der Waals surface area contributed by atoms with Gasteiger partial charge in [0.2, 0.25) is 0 Å². The molecular weight excluding hydrogens is 254 g/mol. The predicted molar refractivity (Wildman–Crippen MR) is 81.8 cm³/mol. The van der Waals surface area contributed by atoms with Crippen LogP contribution in [0.15, 0.2) is 42.5 Å². The Morgan fingerprint density at radius 1 is 1.16 bits per heavy atom. The Bertz CT molecular complexity index is 635. The molecule has 0 spiro atoms. The third-order valence-electron chi connectivity index (χ3n) is 3.62. The van der Waals surface area contributed by atoms with E-state index >= 15 is 0 Å². The standard InChI is InChI=1S/C16H19NOS/c1-16(2)11-19(18)10-15(17-16)14-8-7-12-5-3-4-6-13(12)9-14/h3-9,15,17H,10-11H2,1-2H3. The van der Waals surface area contributed by atoms with Gasteiger partial charge in [0.25, 0.3) is 0 Å². The van der Waals surface area contributed by atoms with E-state index in [9.17, 15) is 4.21 Å². The van der Waals surface area contributed by atoms with Crippen LogP contribution in [0.25, 0.3) is 10.8 Å². The van der Waals surface area contributed by atoms with Gasteiger partial charge in [0.05, 0.1) is 0 Å². The Labute approximate surface area is 116 Å². The molecule has 0 aliphatic carbocycles. The number of hydrogen-bond donors (Lipinski definition) is 1. The smallest absolute Gasteiger partial charge is 0.0441 e. The van der Waals surface area contributed by atoms with Gasteiger partial charge in [0.1, 0.15) is 0 Å². The zero-order valence-electron chi connectivity index (χ0n) is 11.3. The van der Waals surface area contributed by atoms with E-state index in [-0.39, 0.29) is 11.6 Å². The van der Waals surface area contributed by atoms with Crippen LogP contribution in [0.5, 0.6) is 0 Å². The van der Waals surface area contributed by atoms with Gasteiger partial charge in [-0.1, -0.05) is 36.4 Å². The highest BCUT2D eigenvalue weighted by molar-refractivity contribution is 7.85. The minimum atomic E-state index is -0.736. The van der Waals surface area contributed by atoms with E-state index in [4.69, 9.17) is 0 Å². The second-order valence-electron chi connectivity index (χ2n) is 5.94. The van der Waals surface area contributed by atoms with Crippen molar-refractivity contribution in [3.8, 4) is 0 Å². The van der Waals surface area contributed by atoms with Gasteiger partial charge >= 0.3 is 0 Å². The highest BCUT2D eigenvalue weighted by atomic mass is 32.2. The van der Waals surface area contributed by atoms with Crippen LogP contribution in [0.3, 0.4) is 0 Å². The number of fused-ring (bicyclic) bond motifs is 1. The van der Waals surface area contributed by atoms with Crippen molar-refractivity contribution in [3.63, 3.8) is 0 Å². The molecule has 0 radical (unpaired) electrons. The molecule has 2 atom stereocenters. The molecule has 1 saturated heterocycles. The molecule has 1 N–H and O–H groups in total. The highest BCUT2D eigenvalue weighted by Gasteiger charge is 2.32. The highest BCUT2D eigenvalue weighted by Crippen LogP contribution is 2.26. The summed E-state index contributed by atoms with van der Waals surface area (Å²) in [6.07, 6.45) is 0. The van der Waals surface area contributed by atoms with Crippen LogP contribution in [-0.2, 0) is 10.8 Å². The fourth-order valence-corrected chi connectivity index (χ4v) is 4.46. The normalized spacial score (nSPS) is 26.4. The van der Waals surface area contributed by atoms with E-state index in [1.54, 1.807) is 0 Å². The fourth-order valence-electron chi connectivity index (χ4n) is 2.81. The summed E-state index contributed by atoms with van der Waals surface area (Å²) in [5, 5.41) is 6.11. The molecule has 2 aromatic rings. The summed E-state index contributed by atoms with van der Waals surface area (Å²) in [5.74, 6) is 1.44. The summed E-state index contributed by atoms with van der Waals surface area (Å²) in [6.45, 7) is 4.25. The van der Waals surface area contributed by atoms with Gasteiger partial charge in [-0.3, -0.25) is 4.21 Å². The Kier molecular flexibility index (Phi) is 3.19. The molecular formula is C16H19NOS. The van der Waals surface area contributed by atoms with E-state index in [1.165, 1.54) is 16.3 Å². The monoisotopic (exact) mass is 273 g/mol. The molecule has 1 heterocycles. The maximum Gasteiger partial charge on any atom is 0.0441 e. The third-order valence-corrected chi connectivity index (χ3v) is 5.36. The third kappa shape index (κ3) is 2.72. The number of benzene rings is 2. The molecule has 2 aromatic carbocycles. The Morgan fingerprint density at radius 3 is 2.63 bits per heavy atom. The van der Waals surface area contributed by atoms with Crippen molar-refractivity contribution in [2.45, 2.75) is 25.4 Å². The summed E-state index contributed by atoms with van der Waals surface area (Å²) in [6, 6.07) is 15.1. The van der Waals surface area contributed by atoms with Gasteiger partial charge in [-0.15, -0.1) is 0 Å². The van der Waals surface area contributed by atoms with Crippen molar-refractivity contribution in [3.05, 3.63) is 48.0 Å². The van der Waals surface area contributed by atoms with Gasteiger partial charge in [-0.2, -0.15) is 0 Å². The molecule has 1 aliphatic rings. The second-order valence-corrected chi connectivity index (χ2v) is 7.44. The summed E-state index contributed by atoms with van der Waals surface area (Å²) < 4.78 is 12.0. The molecule has 2 unspecified atom stereocenters. The number of hydrogen-bond acceptors (Lipinski definition) is 2. The minimum Gasteiger partial charge on any atom is -0.303 e.